The van der Waals surface area contributed by atoms with E-state index in [-0.39, 0.29) is 11.9 Å². The maximum Gasteiger partial charge on any atom is 0.251 e. The fourth-order valence-corrected chi connectivity index (χ4v) is 5.91. The molecule has 3 N–H and O–H groups in total. The Morgan fingerprint density at radius 3 is 2.79 bits per heavy atom. The van der Waals surface area contributed by atoms with Gasteiger partial charge in [-0.15, -0.1) is 11.3 Å². The highest BCUT2D eigenvalue weighted by Crippen LogP contribution is 2.38. The Hall–Kier alpha value is -2.18. The van der Waals surface area contributed by atoms with Gasteiger partial charge in [-0.2, -0.15) is 0 Å². The Balaban J connectivity index is 1.48. The second-order valence-electron chi connectivity index (χ2n) is 7.85. The summed E-state index contributed by atoms with van der Waals surface area (Å²) >= 11 is 1.52. The third-order valence-electron chi connectivity index (χ3n) is 5.93. The SMILES string of the molecule is CN(CC(=O)Nc1sc2c(c1C(N)=O)CCCC2)[C@@H]1CCCc2ccccc21. The number of nitrogens with one attached hydrogen (secondary N) is 1. The number of benzene rings is 1. The zero-order valence-corrected chi connectivity index (χ0v) is 17.1. The van der Waals surface area contributed by atoms with Gasteiger partial charge in [-0.05, 0) is 68.7 Å². The Bertz CT molecular complexity index is 905. The number of thiophene rings is 1. The van der Waals surface area contributed by atoms with Crippen LogP contribution < -0.4 is 11.1 Å². The molecule has 1 aromatic heterocycles. The molecule has 28 heavy (non-hydrogen) atoms. The minimum atomic E-state index is -0.440. The molecule has 2 aliphatic carbocycles. The van der Waals surface area contributed by atoms with Crippen LogP contribution in [-0.4, -0.2) is 30.3 Å². The number of anilines is 1. The molecule has 0 saturated heterocycles. The van der Waals surface area contributed by atoms with Crippen molar-refractivity contribution in [3.05, 3.63) is 51.4 Å². The standard InChI is InChI=1S/C22H27N3O2S/c1-25(17-11-6-8-14-7-2-3-9-15(14)17)13-19(26)24-22-20(21(23)27)16-10-4-5-12-18(16)28-22/h2-3,7,9,17H,4-6,8,10-13H2,1H3,(H2,23,27)(H,24,26)/t17-/m1/s1. The summed E-state index contributed by atoms with van der Waals surface area (Å²) in [5.41, 5.74) is 9.92. The van der Waals surface area contributed by atoms with E-state index in [1.807, 2.05) is 7.05 Å². The first-order valence-corrected chi connectivity index (χ1v) is 10.9. The van der Waals surface area contributed by atoms with Crippen molar-refractivity contribution in [2.75, 3.05) is 18.9 Å². The van der Waals surface area contributed by atoms with Crippen molar-refractivity contribution in [1.29, 1.82) is 0 Å². The van der Waals surface area contributed by atoms with E-state index in [1.165, 1.54) is 27.3 Å². The lowest BCUT2D eigenvalue weighted by Gasteiger charge is -2.32. The van der Waals surface area contributed by atoms with Crippen LogP contribution in [0.15, 0.2) is 24.3 Å². The summed E-state index contributed by atoms with van der Waals surface area (Å²) in [7, 11) is 2.00. The summed E-state index contributed by atoms with van der Waals surface area (Å²) in [5.74, 6) is -0.532. The van der Waals surface area contributed by atoms with E-state index in [2.05, 4.69) is 34.5 Å². The quantitative estimate of drug-likeness (QED) is 0.808. The number of fused-ring (bicyclic) bond motifs is 2. The second kappa shape index (κ2) is 8.05. The summed E-state index contributed by atoms with van der Waals surface area (Å²) in [4.78, 5) is 28.1. The number of nitrogens with two attached hydrogens (primary N) is 1. The topological polar surface area (TPSA) is 75.4 Å². The molecule has 2 aromatic rings. The highest BCUT2D eigenvalue weighted by Gasteiger charge is 2.27. The van der Waals surface area contributed by atoms with Crippen LogP contribution in [0, 0.1) is 0 Å². The maximum atomic E-state index is 12.8. The fraction of sp³-hybridized carbons (Fsp3) is 0.455. The fourth-order valence-electron chi connectivity index (χ4n) is 4.60. The van der Waals surface area contributed by atoms with E-state index in [9.17, 15) is 9.59 Å². The van der Waals surface area contributed by atoms with Crippen LogP contribution in [0.2, 0.25) is 0 Å². The number of carbonyl (C=O) groups is 2. The highest BCUT2D eigenvalue weighted by molar-refractivity contribution is 7.17. The Morgan fingerprint density at radius 2 is 1.96 bits per heavy atom. The van der Waals surface area contributed by atoms with E-state index in [4.69, 9.17) is 5.73 Å². The molecule has 0 saturated carbocycles. The first kappa shape index (κ1) is 19.2. The molecule has 0 aliphatic heterocycles. The van der Waals surface area contributed by atoms with Crippen LogP contribution in [-0.2, 0) is 24.1 Å². The molecule has 1 atom stereocenters. The molecule has 0 bridgehead atoms. The van der Waals surface area contributed by atoms with Crippen molar-refractivity contribution < 1.29 is 9.59 Å². The largest absolute Gasteiger partial charge is 0.365 e. The number of rotatable bonds is 5. The lowest BCUT2D eigenvalue weighted by molar-refractivity contribution is -0.117. The number of carbonyl (C=O) groups excluding carboxylic acids is 2. The number of primary amides is 1. The molecule has 2 amide bonds. The summed E-state index contributed by atoms with van der Waals surface area (Å²) in [6.45, 7) is 0.291. The molecule has 148 valence electrons. The molecule has 0 unspecified atom stereocenters. The van der Waals surface area contributed by atoms with Gasteiger partial charge in [0.25, 0.3) is 5.91 Å². The van der Waals surface area contributed by atoms with Gasteiger partial charge in [-0.3, -0.25) is 14.5 Å². The van der Waals surface area contributed by atoms with Crippen LogP contribution in [0.3, 0.4) is 0 Å². The molecule has 0 fully saturated rings. The first-order chi connectivity index (χ1) is 13.5. The Morgan fingerprint density at radius 1 is 1.18 bits per heavy atom. The van der Waals surface area contributed by atoms with Crippen molar-refractivity contribution in [2.24, 2.45) is 5.73 Å². The van der Waals surface area contributed by atoms with Crippen molar-refractivity contribution in [1.82, 2.24) is 4.90 Å². The van der Waals surface area contributed by atoms with E-state index in [1.54, 1.807) is 0 Å². The van der Waals surface area contributed by atoms with Gasteiger partial charge in [0.15, 0.2) is 0 Å². The number of likely N-dealkylation sites (N-methyl/N-ethyl adjacent to an activating group) is 1. The van der Waals surface area contributed by atoms with Gasteiger partial charge in [-0.1, -0.05) is 24.3 Å². The lowest BCUT2D eigenvalue weighted by atomic mass is 9.87. The number of nitrogens with zero attached hydrogens (tertiary/aromatic N) is 1. The number of aryl methyl sites for hydroxylation is 2. The predicted octanol–water partition coefficient (Wildman–Crippen LogP) is 3.67. The zero-order chi connectivity index (χ0) is 19.7. The van der Waals surface area contributed by atoms with Crippen molar-refractivity contribution >= 4 is 28.2 Å². The van der Waals surface area contributed by atoms with Crippen molar-refractivity contribution in [3.8, 4) is 0 Å². The number of hydrogen-bond donors (Lipinski definition) is 2. The van der Waals surface area contributed by atoms with Crippen LogP contribution in [0.25, 0.3) is 0 Å². The van der Waals surface area contributed by atoms with E-state index in [0.717, 1.165) is 50.5 Å². The van der Waals surface area contributed by atoms with Crippen molar-refractivity contribution in [3.63, 3.8) is 0 Å². The smallest absolute Gasteiger partial charge is 0.251 e. The number of hydrogen-bond acceptors (Lipinski definition) is 4. The Kier molecular flexibility index (Phi) is 5.51. The maximum absolute atomic E-state index is 12.8. The van der Waals surface area contributed by atoms with Crippen LogP contribution in [0.4, 0.5) is 5.00 Å². The van der Waals surface area contributed by atoms with Gasteiger partial charge in [0, 0.05) is 10.9 Å². The zero-order valence-electron chi connectivity index (χ0n) is 16.3. The summed E-state index contributed by atoms with van der Waals surface area (Å²) in [6.07, 6.45) is 7.34. The first-order valence-electron chi connectivity index (χ1n) is 10.1. The van der Waals surface area contributed by atoms with Crippen LogP contribution in [0.1, 0.15) is 63.7 Å². The second-order valence-corrected chi connectivity index (χ2v) is 8.95. The van der Waals surface area contributed by atoms with E-state index >= 15 is 0 Å². The number of amides is 2. The Labute approximate surface area is 169 Å². The molecule has 4 rings (SSSR count). The summed E-state index contributed by atoms with van der Waals surface area (Å²) < 4.78 is 0. The highest BCUT2D eigenvalue weighted by atomic mass is 32.1. The molecular weight excluding hydrogens is 370 g/mol. The van der Waals surface area contributed by atoms with Gasteiger partial charge in [-0.25, -0.2) is 0 Å². The van der Waals surface area contributed by atoms with Gasteiger partial charge in [0.2, 0.25) is 5.91 Å². The summed E-state index contributed by atoms with van der Waals surface area (Å²) in [5, 5.41) is 3.61. The predicted molar refractivity (Wildman–Crippen MR) is 113 cm³/mol. The van der Waals surface area contributed by atoms with Crippen LogP contribution >= 0.6 is 11.3 Å². The molecule has 0 spiro atoms. The van der Waals surface area contributed by atoms with E-state index in [0.29, 0.717) is 17.1 Å². The minimum absolute atomic E-state index is 0.0911. The van der Waals surface area contributed by atoms with Gasteiger partial charge < -0.3 is 11.1 Å². The molecule has 2 aliphatic rings. The molecule has 6 heteroatoms. The molecular formula is C22H27N3O2S. The van der Waals surface area contributed by atoms with Crippen LogP contribution in [0.5, 0.6) is 0 Å². The molecule has 1 aromatic carbocycles. The lowest BCUT2D eigenvalue weighted by Crippen LogP contribution is -2.35. The summed E-state index contributed by atoms with van der Waals surface area (Å²) in [6, 6.07) is 8.76. The normalized spacial score (nSPS) is 18.4. The van der Waals surface area contributed by atoms with Gasteiger partial charge in [0.1, 0.15) is 5.00 Å². The minimum Gasteiger partial charge on any atom is -0.365 e. The average Bonchev–Trinajstić information content (AvgIpc) is 3.05. The van der Waals surface area contributed by atoms with Gasteiger partial charge in [0.05, 0.1) is 12.1 Å². The average molecular weight is 398 g/mol. The monoisotopic (exact) mass is 397 g/mol. The molecule has 5 nitrogen and oxygen atoms in total. The molecule has 0 radical (unpaired) electrons. The van der Waals surface area contributed by atoms with Gasteiger partial charge >= 0.3 is 0 Å². The van der Waals surface area contributed by atoms with Crippen molar-refractivity contribution in [2.45, 2.75) is 51.0 Å². The third-order valence-corrected chi connectivity index (χ3v) is 7.14. The molecule has 1 heterocycles. The van der Waals surface area contributed by atoms with E-state index < -0.39 is 5.91 Å². The third kappa shape index (κ3) is 3.71.